The monoisotopic (exact) mass is 430 g/mol. The number of thiazole rings is 1. The van der Waals surface area contributed by atoms with Crippen LogP contribution in [0.1, 0.15) is 28.4 Å². The number of hydrogen-bond acceptors (Lipinski definition) is 7. The first-order valence-corrected chi connectivity index (χ1v) is 10.8. The molecule has 0 unspecified atom stereocenters. The summed E-state index contributed by atoms with van der Waals surface area (Å²) in [6.45, 7) is 4.50. The van der Waals surface area contributed by atoms with Crippen LogP contribution in [-0.2, 0) is 6.54 Å². The van der Waals surface area contributed by atoms with E-state index in [1.807, 2.05) is 54.1 Å². The number of aliphatic hydroxyl groups is 1. The summed E-state index contributed by atoms with van der Waals surface area (Å²) in [5, 5.41) is 22.7. The molecular weight excluding hydrogens is 408 g/mol. The van der Waals surface area contributed by atoms with Crippen molar-refractivity contribution in [2.75, 3.05) is 12.3 Å². The molecule has 0 radical (unpaired) electrons. The van der Waals surface area contributed by atoms with Gasteiger partial charge in [0.25, 0.3) is 0 Å². The van der Waals surface area contributed by atoms with Crippen molar-refractivity contribution < 1.29 is 5.11 Å². The van der Waals surface area contributed by atoms with Crippen molar-refractivity contribution >= 4 is 39.8 Å². The smallest absolute Gasteiger partial charge is 0.146 e. The average molecular weight is 431 g/mol. The number of anilines is 1. The summed E-state index contributed by atoms with van der Waals surface area (Å²) in [5.74, 6) is 0.376. The summed E-state index contributed by atoms with van der Waals surface area (Å²) in [4.78, 5) is 13.2. The molecule has 0 bridgehead atoms. The van der Waals surface area contributed by atoms with Gasteiger partial charge in [0, 0.05) is 29.8 Å². The van der Waals surface area contributed by atoms with Gasteiger partial charge in [0.05, 0.1) is 16.7 Å². The zero-order valence-electron chi connectivity index (χ0n) is 17.3. The molecule has 3 aromatic heterocycles. The quantitative estimate of drug-likeness (QED) is 0.443. The Bertz CT molecular complexity index is 1310. The minimum atomic E-state index is 0.0417. The molecule has 0 spiro atoms. The van der Waals surface area contributed by atoms with Crippen molar-refractivity contribution in [3.05, 3.63) is 57.9 Å². The molecule has 0 fully saturated rings. The molecule has 0 aliphatic heterocycles. The fourth-order valence-electron chi connectivity index (χ4n) is 3.58. The van der Waals surface area contributed by atoms with Crippen LogP contribution in [0, 0.1) is 25.2 Å². The first kappa shape index (κ1) is 20.7. The third-order valence-electron chi connectivity index (χ3n) is 5.04. The molecule has 7 nitrogen and oxygen atoms in total. The molecule has 0 aliphatic carbocycles. The van der Waals surface area contributed by atoms with Gasteiger partial charge in [-0.15, -0.1) is 11.3 Å². The lowest BCUT2D eigenvalue weighted by molar-refractivity contribution is 0.280. The zero-order chi connectivity index (χ0) is 22.0. The maximum absolute atomic E-state index is 9.89. The van der Waals surface area contributed by atoms with Crippen molar-refractivity contribution in [3.8, 4) is 17.2 Å². The summed E-state index contributed by atoms with van der Waals surface area (Å²) >= 11 is 1.44. The van der Waals surface area contributed by atoms with E-state index in [0.29, 0.717) is 35.0 Å². The van der Waals surface area contributed by atoms with E-state index in [2.05, 4.69) is 21.0 Å². The summed E-state index contributed by atoms with van der Waals surface area (Å²) < 4.78 is 2.00. The Morgan fingerprint density at radius 1 is 1.26 bits per heavy atom. The molecule has 0 saturated carbocycles. The van der Waals surface area contributed by atoms with E-state index < -0.39 is 0 Å². The van der Waals surface area contributed by atoms with Gasteiger partial charge >= 0.3 is 0 Å². The van der Waals surface area contributed by atoms with E-state index in [9.17, 15) is 10.4 Å². The number of nitrogens with zero attached hydrogens (tertiary/aromatic N) is 5. The highest BCUT2D eigenvalue weighted by Gasteiger charge is 2.22. The normalized spacial score (nSPS) is 11.7. The number of nitriles is 1. The van der Waals surface area contributed by atoms with Gasteiger partial charge in [-0.3, -0.25) is 0 Å². The molecule has 4 rings (SSSR count). The Balaban J connectivity index is 2.07. The molecule has 3 N–H and O–H groups in total. The summed E-state index contributed by atoms with van der Waals surface area (Å²) in [7, 11) is 0. The Kier molecular flexibility index (Phi) is 5.80. The van der Waals surface area contributed by atoms with Crippen LogP contribution >= 0.6 is 11.3 Å². The molecule has 0 aliphatic rings. The number of rotatable bonds is 6. The van der Waals surface area contributed by atoms with E-state index >= 15 is 0 Å². The largest absolute Gasteiger partial charge is 0.396 e. The molecule has 156 valence electrons. The highest BCUT2D eigenvalue weighted by molar-refractivity contribution is 7.11. The average Bonchev–Trinajstić information content (AvgIpc) is 3.33. The van der Waals surface area contributed by atoms with E-state index in [1.165, 1.54) is 17.7 Å². The molecule has 31 heavy (non-hydrogen) atoms. The third kappa shape index (κ3) is 3.93. The SMILES string of the molecule is Cc1ccc(-c2c(C=C(C#N)c3nc(C)cs3)n(CCCO)c3ncnc(N)c23)cc1. The van der Waals surface area contributed by atoms with Crippen molar-refractivity contribution in [2.45, 2.75) is 26.8 Å². The lowest BCUT2D eigenvalue weighted by atomic mass is 10.0. The fourth-order valence-corrected chi connectivity index (χ4v) is 4.35. The summed E-state index contributed by atoms with van der Waals surface area (Å²) in [5.41, 5.74) is 12.1. The number of aryl methyl sites for hydroxylation is 3. The molecular formula is C23H22N6OS. The second kappa shape index (κ2) is 8.68. The fraction of sp³-hybridized carbons (Fsp3) is 0.217. The van der Waals surface area contributed by atoms with Gasteiger partial charge in [-0.05, 0) is 31.9 Å². The Morgan fingerprint density at radius 2 is 2.03 bits per heavy atom. The standard InChI is InChI=1S/C23H22N6OS/c1-14-4-6-16(7-5-14)19-18(10-17(11-24)23-28-15(2)12-31-23)29(8-3-9-30)22-20(19)21(25)26-13-27-22/h4-7,10,12-13,30H,3,8-9H2,1-2H3,(H2,25,26,27). The third-order valence-corrected chi connectivity index (χ3v) is 6.03. The van der Waals surface area contributed by atoms with Crippen molar-refractivity contribution in [3.63, 3.8) is 0 Å². The van der Waals surface area contributed by atoms with Gasteiger partial charge < -0.3 is 15.4 Å². The number of benzene rings is 1. The van der Waals surface area contributed by atoms with Crippen LogP contribution in [0.25, 0.3) is 33.8 Å². The van der Waals surface area contributed by atoms with Gasteiger partial charge in [0.2, 0.25) is 0 Å². The van der Waals surface area contributed by atoms with Crippen molar-refractivity contribution in [2.24, 2.45) is 0 Å². The number of hydrogen-bond donors (Lipinski definition) is 2. The zero-order valence-corrected chi connectivity index (χ0v) is 18.1. The lowest BCUT2D eigenvalue weighted by Crippen LogP contribution is -2.04. The van der Waals surface area contributed by atoms with Crippen LogP contribution in [0.5, 0.6) is 0 Å². The minimum absolute atomic E-state index is 0.0417. The van der Waals surface area contributed by atoms with Crippen LogP contribution in [0.2, 0.25) is 0 Å². The lowest BCUT2D eigenvalue weighted by Gasteiger charge is -2.09. The van der Waals surface area contributed by atoms with Gasteiger partial charge in [0.15, 0.2) is 0 Å². The van der Waals surface area contributed by atoms with Crippen LogP contribution in [0.3, 0.4) is 0 Å². The summed E-state index contributed by atoms with van der Waals surface area (Å²) in [6, 6.07) is 10.4. The highest BCUT2D eigenvalue weighted by atomic mass is 32.1. The van der Waals surface area contributed by atoms with E-state index in [1.54, 1.807) is 0 Å². The second-order valence-corrected chi connectivity index (χ2v) is 8.13. The topological polar surface area (TPSA) is 114 Å². The van der Waals surface area contributed by atoms with Gasteiger partial charge in [-0.25, -0.2) is 15.0 Å². The summed E-state index contributed by atoms with van der Waals surface area (Å²) in [6.07, 6.45) is 3.82. The number of aliphatic hydroxyl groups excluding tert-OH is 1. The molecule has 3 heterocycles. The predicted octanol–water partition coefficient (Wildman–Crippen LogP) is 4.20. The number of nitrogen functional groups attached to an aromatic ring is 1. The van der Waals surface area contributed by atoms with Crippen molar-refractivity contribution in [1.29, 1.82) is 5.26 Å². The van der Waals surface area contributed by atoms with Crippen molar-refractivity contribution in [1.82, 2.24) is 19.5 Å². The maximum atomic E-state index is 9.89. The number of aromatic nitrogens is 4. The van der Waals surface area contributed by atoms with Crippen LogP contribution in [-0.4, -0.2) is 31.2 Å². The van der Waals surface area contributed by atoms with Crippen LogP contribution in [0.4, 0.5) is 5.82 Å². The maximum Gasteiger partial charge on any atom is 0.146 e. The first-order valence-electron chi connectivity index (χ1n) is 9.88. The second-order valence-electron chi connectivity index (χ2n) is 7.28. The number of fused-ring (bicyclic) bond motifs is 1. The van der Waals surface area contributed by atoms with E-state index in [4.69, 9.17) is 5.73 Å². The minimum Gasteiger partial charge on any atom is -0.396 e. The molecule has 0 amide bonds. The Labute approximate surface area is 184 Å². The number of nitrogens with two attached hydrogens (primary N) is 1. The molecule has 0 atom stereocenters. The van der Waals surface area contributed by atoms with Gasteiger partial charge in [0.1, 0.15) is 28.9 Å². The number of allylic oxidation sites excluding steroid dienone is 1. The Hall–Kier alpha value is -3.54. The van der Waals surface area contributed by atoms with E-state index in [0.717, 1.165) is 33.5 Å². The first-order chi connectivity index (χ1) is 15.0. The van der Waals surface area contributed by atoms with Crippen LogP contribution < -0.4 is 5.73 Å². The Morgan fingerprint density at radius 3 is 2.68 bits per heavy atom. The molecule has 0 saturated heterocycles. The van der Waals surface area contributed by atoms with Crippen LogP contribution in [0.15, 0.2) is 36.0 Å². The molecule has 1 aromatic carbocycles. The van der Waals surface area contributed by atoms with Gasteiger partial charge in [-0.1, -0.05) is 29.8 Å². The molecule has 4 aromatic rings. The predicted molar refractivity (Wildman–Crippen MR) is 124 cm³/mol. The van der Waals surface area contributed by atoms with Gasteiger partial charge in [-0.2, -0.15) is 5.26 Å². The highest BCUT2D eigenvalue weighted by Crippen LogP contribution is 2.39. The van der Waals surface area contributed by atoms with E-state index in [-0.39, 0.29) is 6.61 Å². The molecule has 8 heteroatoms.